The van der Waals surface area contributed by atoms with Gasteiger partial charge in [0.1, 0.15) is 6.10 Å². The van der Waals surface area contributed by atoms with Gasteiger partial charge >= 0.3 is 5.97 Å². The summed E-state index contributed by atoms with van der Waals surface area (Å²) >= 11 is 0. The number of hydrogen-bond donors (Lipinski definition) is 3. The lowest BCUT2D eigenvalue weighted by atomic mass is 9.41. The van der Waals surface area contributed by atoms with E-state index in [2.05, 4.69) is 6.92 Å². The molecule has 1 spiro atoms. The number of carbonyl (C=O) groups is 1. The number of hydrogen-bond acceptors (Lipinski definition) is 5. The second-order valence-electron chi connectivity index (χ2n) is 9.64. The predicted molar refractivity (Wildman–Crippen MR) is 89.4 cm³/mol. The topological polar surface area (TPSA) is 87.0 Å². The first-order chi connectivity index (χ1) is 11.8. The van der Waals surface area contributed by atoms with Crippen molar-refractivity contribution in [2.45, 2.75) is 75.6 Å². The zero-order valence-electron chi connectivity index (χ0n) is 14.8. The summed E-state index contributed by atoms with van der Waals surface area (Å²) in [7, 11) is 0. The smallest absolute Gasteiger partial charge is 0.331 e. The zero-order chi connectivity index (χ0) is 17.7. The molecule has 0 aromatic rings. The van der Waals surface area contributed by atoms with Gasteiger partial charge in [0.2, 0.25) is 0 Å². The highest BCUT2D eigenvalue weighted by atomic mass is 16.5. The maximum Gasteiger partial charge on any atom is 0.331 e. The molecule has 5 aliphatic rings. The molecular formula is C20H28O5. The zero-order valence-corrected chi connectivity index (χ0v) is 14.8. The lowest BCUT2D eigenvalue weighted by molar-refractivity contribution is -0.238. The van der Waals surface area contributed by atoms with E-state index in [1.54, 1.807) is 6.08 Å². The maximum atomic E-state index is 12.1. The minimum atomic E-state index is -1.05. The molecule has 138 valence electrons. The molecule has 1 heterocycles. The summed E-state index contributed by atoms with van der Waals surface area (Å²) in [6.07, 6.45) is 7.70. The van der Waals surface area contributed by atoms with Gasteiger partial charge < -0.3 is 20.1 Å². The predicted octanol–water partition coefficient (Wildman–Crippen LogP) is 1.69. The Labute approximate surface area is 148 Å². The highest BCUT2D eigenvalue weighted by Gasteiger charge is 2.73. The molecule has 7 atom stereocenters. The van der Waals surface area contributed by atoms with E-state index in [-0.39, 0.29) is 41.3 Å². The van der Waals surface area contributed by atoms with Gasteiger partial charge in [0.15, 0.2) is 0 Å². The van der Waals surface area contributed by atoms with Crippen LogP contribution in [0, 0.1) is 22.7 Å². The van der Waals surface area contributed by atoms with Crippen molar-refractivity contribution in [2.24, 2.45) is 22.7 Å². The van der Waals surface area contributed by atoms with Crippen LogP contribution in [0.4, 0.5) is 0 Å². The van der Waals surface area contributed by atoms with Gasteiger partial charge in [0, 0.05) is 16.9 Å². The van der Waals surface area contributed by atoms with E-state index in [0.717, 1.165) is 44.1 Å². The van der Waals surface area contributed by atoms with Crippen molar-refractivity contribution in [1.29, 1.82) is 0 Å². The van der Waals surface area contributed by atoms with Crippen LogP contribution in [0.5, 0.6) is 0 Å². The van der Waals surface area contributed by atoms with E-state index < -0.39 is 11.2 Å². The number of carbonyl (C=O) groups excluding carboxylic acids is 1. The fourth-order valence-corrected chi connectivity index (χ4v) is 7.67. The number of ether oxygens (including phenoxy) is 1. The SMILES string of the molecule is C[C@@]12CC[C@H]3OC(=O)C=C3[C@H]1CC[C@@]13C[C@H](CC[C@]12O)[C@@](O)(CO)C3. The first kappa shape index (κ1) is 16.3. The Balaban J connectivity index is 1.59. The fraction of sp³-hybridized carbons (Fsp3) is 0.850. The molecule has 4 fully saturated rings. The van der Waals surface area contributed by atoms with Gasteiger partial charge in [-0.1, -0.05) is 6.92 Å². The van der Waals surface area contributed by atoms with Crippen molar-refractivity contribution in [3.63, 3.8) is 0 Å². The van der Waals surface area contributed by atoms with E-state index >= 15 is 0 Å². The molecule has 3 N–H and O–H groups in total. The Bertz CT molecular complexity index is 673. The normalized spacial score (nSPS) is 56.6. The molecule has 2 bridgehead atoms. The molecule has 1 aliphatic heterocycles. The maximum absolute atomic E-state index is 12.1. The quantitative estimate of drug-likeness (QED) is 0.628. The van der Waals surface area contributed by atoms with Gasteiger partial charge in [0.25, 0.3) is 0 Å². The summed E-state index contributed by atoms with van der Waals surface area (Å²) in [6.45, 7) is 1.97. The van der Waals surface area contributed by atoms with Gasteiger partial charge in [0.05, 0.1) is 17.8 Å². The number of rotatable bonds is 1. The fourth-order valence-electron chi connectivity index (χ4n) is 7.67. The Hall–Kier alpha value is -0.910. The summed E-state index contributed by atoms with van der Waals surface area (Å²) in [5.74, 6) is 0.0216. The Kier molecular flexibility index (Phi) is 3.04. The van der Waals surface area contributed by atoms with Crippen molar-refractivity contribution >= 4 is 5.97 Å². The van der Waals surface area contributed by atoms with E-state index in [4.69, 9.17) is 4.74 Å². The molecule has 0 amide bonds. The number of esters is 1. The number of aliphatic hydroxyl groups excluding tert-OH is 1. The van der Waals surface area contributed by atoms with Crippen LogP contribution in [0.3, 0.4) is 0 Å². The average molecular weight is 348 g/mol. The first-order valence-electron chi connectivity index (χ1n) is 9.75. The highest BCUT2D eigenvalue weighted by molar-refractivity contribution is 5.86. The molecule has 0 unspecified atom stereocenters. The Morgan fingerprint density at radius 3 is 2.76 bits per heavy atom. The molecule has 0 saturated heterocycles. The Morgan fingerprint density at radius 2 is 2.00 bits per heavy atom. The molecule has 5 heteroatoms. The molecular weight excluding hydrogens is 320 g/mol. The van der Waals surface area contributed by atoms with Crippen LogP contribution in [0.2, 0.25) is 0 Å². The minimum Gasteiger partial charge on any atom is -0.455 e. The molecule has 0 aromatic heterocycles. The van der Waals surface area contributed by atoms with E-state index in [9.17, 15) is 20.1 Å². The summed E-state index contributed by atoms with van der Waals surface area (Å²) in [6, 6.07) is 0. The van der Waals surface area contributed by atoms with Crippen LogP contribution in [-0.2, 0) is 9.53 Å². The Morgan fingerprint density at radius 1 is 1.20 bits per heavy atom. The van der Waals surface area contributed by atoms with Gasteiger partial charge in [-0.25, -0.2) is 4.79 Å². The molecule has 0 radical (unpaired) electrons. The summed E-state index contributed by atoms with van der Waals surface area (Å²) in [5.41, 5.74) is -1.42. The summed E-state index contributed by atoms with van der Waals surface area (Å²) in [4.78, 5) is 11.8. The summed E-state index contributed by atoms with van der Waals surface area (Å²) < 4.78 is 5.45. The average Bonchev–Trinajstić information content (AvgIpc) is 3.06. The molecule has 0 aromatic carbocycles. The van der Waals surface area contributed by atoms with Crippen molar-refractivity contribution < 1.29 is 24.9 Å². The van der Waals surface area contributed by atoms with E-state index in [1.807, 2.05) is 0 Å². The summed E-state index contributed by atoms with van der Waals surface area (Å²) in [5, 5.41) is 32.8. The number of aliphatic hydroxyl groups is 3. The van der Waals surface area contributed by atoms with Gasteiger partial charge in [-0.2, -0.15) is 0 Å². The highest BCUT2D eigenvalue weighted by Crippen LogP contribution is 2.73. The van der Waals surface area contributed by atoms with E-state index in [0.29, 0.717) is 12.8 Å². The van der Waals surface area contributed by atoms with Crippen LogP contribution in [0.25, 0.3) is 0 Å². The van der Waals surface area contributed by atoms with Crippen LogP contribution in [0.1, 0.15) is 58.3 Å². The van der Waals surface area contributed by atoms with Crippen LogP contribution in [0.15, 0.2) is 11.6 Å². The molecule has 5 nitrogen and oxygen atoms in total. The molecule has 4 aliphatic carbocycles. The van der Waals surface area contributed by atoms with Crippen LogP contribution >= 0.6 is 0 Å². The first-order valence-corrected chi connectivity index (χ1v) is 9.75. The molecule has 4 saturated carbocycles. The van der Waals surface area contributed by atoms with E-state index in [1.165, 1.54) is 0 Å². The molecule has 5 rings (SSSR count). The van der Waals surface area contributed by atoms with Gasteiger partial charge in [-0.3, -0.25) is 0 Å². The standard InChI is InChI=1S/C20H28O5/c1-17-5-4-15-13(8-16(22)25-15)14(17)3-6-18-9-12(2-7-20(17,18)24)19(23,10-18)11-21/h8,12,14-15,21,23-24H,2-7,9-11H2,1H3/t12-,14+,15+,17+,18-,19-,20+/m0/s1. The third-order valence-corrected chi connectivity index (χ3v) is 8.92. The lowest BCUT2D eigenvalue weighted by Crippen LogP contribution is -2.66. The second-order valence-corrected chi connectivity index (χ2v) is 9.64. The minimum absolute atomic E-state index is 0.0878. The third kappa shape index (κ3) is 1.73. The monoisotopic (exact) mass is 348 g/mol. The van der Waals surface area contributed by atoms with Crippen molar-refractivity contribution in [3.05, 3.63) is 11.6 Å². The lowest BCUT2D eigenvalue weighted by Gasteiger charge is -2.65. The van der Waals surface area contributed by atoms with Crippen molar-refractivity contribution in [2.75, 3.05) is 6.61 Å². The second kappa shape index (κ2) is 4.68. The van der Waals surface area contributed by atoms with Crippen molar-refractivity contribution in [1.82, 2.24) is 0 Å². The van der Waals surface area contributed by atoms with Gasteiger partial charge in [-0.05, 0) is 68.8 Å². The van der Waals surface area contributed by atoms with Crippen LogP contribution in [-0.4, -0.2) is 45.2 Å². The van der Waals surface area contributed by atoms with Gasteiger partial charge in [-0.15, -0.1) is 0 Å². The van der Waals surface area contributed by atoms with Crippen molar-refractivity contribution in [3.8, 4) is 0 Å². The largest absolute Gasteiger partial charge is 0.455 e. The van der Waals surface area contributed by atoms with Crippen LogP contribution < -0.4 is 0 Å². The molecule has 25 heavy (non-hydrogen) atoms. The third-order valence-electron chi connectivity index (χ3n) is 8.92. The number of fused-ring (bicyclic) bond motifs is 5.